The molecule has 2 aromatic rings. The fourth-order valence-corrected chi connectivity index (χ4v) is 3.64. The Morgan fingerprint density at radius 1 is 1.00 bits per heavy atom. The average Bonchev–Trinajstić information content (AvgIpc) is 3.01. The highest BCUT2D eigenvalue weighted by molar-refractivity contribution is 8.18. The van der Waals surface area contributed by atoms with Crippen molar-refractivity contribution in [2.45, 2.75) is 0 Å². The van der Waals surface area contributed by atoms with Crippen LogP contribution in [-0.4, -0.2) is 49.8 Å². The van der Waals surface area contributed by atoms with Gasteiger partial charge in [-0.3, -0.25) is 19.3 Å². The molecule has 0 aliphatic carbocycles. The van der Waals surface area contributed by atoms with E-state index in [0.717, 1.165) is 16.7 Å². The lowest BCUT2D eigenvalue weighted by atomic mass is 10.1. The summed E-state index contributed by atoms with van der Waals surface area (Å²) in [6.45, 7) is -0.375. The monoisotopic (exact) mass is 428 g/mol. The number of ether oxygens (including phenoxy) is 3. The number of imide groups is 1. The normalized spacial score (nSPS) is 14.8. The Morgan fingerprint density at radius 2 is 1.63 bits per heavy atom. The van der Waals surface area contributed by atoms with Gasteiger partial charge in [0.2, 0.25) is 5.91 Å². The van der Waals surface area contributed by atoms with Gasteiger partial charge in [-0.2, -0.15) is 0 Å². The van der Waals surface area contributed by atoms with Crippen molar-refractivity contribution < 1.29 is 28.6 Å². The molecule has 0 saturated carbocycles. The van der Waals surface area contributed by atoms with Gasteiger partial charge in [-0.05, 0) is 36.0 Å². The number of thioether (sulfide) groups is 1. The molecule has 30 heavy (non-hydrogen) atoms. The number of hydrogen-bond acceptors (Lipinski definition) is 7. The van der Waals surface area contributed by atoms with E-state index in [-0.39, 0.29) is 11.4 Å². The quantitative estimate of drug-likeness (QED) is 0.676. The smallest absolute Gasteiger partial charge is 0.294 e. The molecule has 1 heterocycles. The fraction of sp³-hybridized carbons (Fsp3) is 0.190. The Bertz CT molecular complexity index is 1010. The van der Waals surface area contributed by atoms with E-state index in [4.69, 9.17) is 14.2 Å². The molecular weight excluding hydrogens is 408 g/mol. The molecule has 1 aliphatic rings. The highest BCUT2D eigenvalue weighted by Crippen LogP contribution is 2.38. The first-order valence-electron chi connectivity index (χ1n) is 8.87. The van der Waals surface area contributed by atoms with Crippen LogP contribution in [-0.2, 0) is 9.59 Å². The second-order valence-corrected chi connectivity index (χ2v) is 7.12. The summed E-state index contributed by atoms with van der Waals surface area (Å²) < 4.78 is 15.9. The molecule has 1 saturated heterocycles. The van der Waals surface area contributed by atoms with Crippen molar-refractivity contribution >= 4 is 40.6 Å². The predicted octanol–water partition coefficient (Wildman–Crippen LogP) is 3.39. The number of anilines is 1. The van der Waals surface area contributed by atoms with E-state index in [0.29, 0.717) is 28.5 Å². The first-order chi connectivity index (χ1) is 14.5. The van der Waals surface area contributed by atoms with E-state index in [1.54, 1.807) is 36.4 Å². The summed E-state index contributed by atoms with van der Waals surface area (Å²) in [4.78, 5) is 38.4. The summed E-state index contributed by atoms with van der Waals surface area (Å²) in [5.74, 6) is 0.350. The zero-order valence-corrected chi connectivity index (χ0v) is 17.4. The molecule has 0 radical (unpaired) electrons. The minimum atomic E-state index is -0.551. The third-order valence-electron chi connectivity index (χ3n) is 4.26. The predicted molar refractivity (Wildman–Crippen MR) is 114 cm³/mol. The summed E-state index contributed by atoms with van der Waals surface area (Å²) in [5.41, 5.74) is 1.12. The number of hydrogen-bond donors (Lipinski definition) is 1. The van der Waals surface area contributed by atoms with Gasteiger partial charge >= 0.3 is 0 Å². The molecule has 1 fully saturated rings. The highest BCUT2D eigenvalue weighted by atomic mass is 32.2. The van der Waals surface area contributed by atoms with Gasteiger partial charge in [0.15, 0.2) is 11.5 Å². The average molecular weight is 428 g/mol. The Labute approximate surface area is 177 Å². The van der Waals surface area contributed by atoms with Crippen LogP contribution in [0.5, 0.6) is 17.2 Å². The van der Waals surface area contributed by atoms with E-state index in [9.17, 15) is 14.4 Å². The number of carbonyl (C=O) groups excluding carboxylic acids is 3. The minimum absolute atomic E-state index is 0.179. The largest absolute Gasteiger partial charge is 0.496 e. The molecule has 1 N–H and O–H groups in total. The summed E-state index contributed by atoms with van der Waals surface area (Å²) >= 11 is 0.758. The molecule has 9 heteroatoms. The van der Waals surface area contributed by atoms with Crippen molar-refractivity contribution in [3.8, 4) is 17.2 Å². The summed E-state index contributed by atoms with van der Waals surface area (Å²) in [7, 11) is 4.48. The van der Waals surface area contributed by atoms with Crippen molar-refractivity contribution in [2.24, 2.45) is 0 Å². The van der Waals surface area contributed by atoms with Crippen molar-refractivity contribution in [3.05, 3.63) is 52.9 Å². The number of amides is 3. The van der Waals surface area contributed by atoms with Gasteiger partial charge < -0.3 is 19.5 Å². The van der Waals surface area contributed by atoms with Crippen molar-refractivity contribution in [3.63, 3.8) is 0 Å². The first-order valence-corrected chi connectivity index (χ1v) is 9.68. The second-order valence-electron chi connectivity index (χ2n) is 6.13. The number of nitrogens with zero attached hydrogens (tertiary/aromatic N) is 1. The lowest BCUT2D eigenvalue weighted by Gasteiger charge is -2.13. The lowest BCUT2D eigenvalue weighted by Crippen LogP contribution is -2.36. The van der Waals surface area contributed by atoms with Gasteiger partial charge in [-0.25, -0.2) is 0 Å². The molecule has 1 aliphatic heterocycles. The molecule has 0 bridgehead atoms. The Kier molecular flexibility index (Phi) is 6.63. The molecule has 0 aromatic heterocycles. The maximum Gasteiger partial charge on any atom is 0.294 e. The fourth-order valence-electron chi connectivity index (χ4n) is 2.81. The van der Waals surface area contributed by atoms with Crippen LogP contribution in [0.3, 0.4) is 0 Å². The maximum atomic E-state index is 12.7. The van der Waals surface area contributed by atoms with E-state index in [2.05, 4.69) is 5.32 Å². The van der Waals surface area contributed by atoms with Crippen LogP contribution in [0.4, 0.5) is 10.5 Å². The molecule has 2 aromatic carbocycles. The molecular formula is C21H20N2O6S. The van der Waals surface area contributed by atoms with Crippen LogP contribution >= 0.6 is 11.8 Å². The molecule has 0 spiro atoms. The van der Waals surface area contributed by atoms with Crippen LogP contribution in [0.15, 0.2) is 47.4 Å². The molecule has 3 amide bonds. The Hall–Kier alpha value is -3.46. The van der Waals surface area contributed by atoms with Crippen LogP contribution in [0.2, 0.25) is 0 Å². The van der Waals surface area contributed by atoms with Crippen molar-refractivity contribution in [2.75, 3.05) is 33.2 Å². The molecule has 0 atom stereocenters. The van der Waals surface area contributed by atoms with Gasteiger partial charge in [0.05, 0.1) is 26.2 Å². The van der Waals surface area contributed by atoms with Gasteiger partial charge in [0, 0.05) is 17.3 Å². The number of para-hydroxylation sites is 1. The number of carbonyl (C=O) groups is 3. The first kappa shape index (κ1) is 21.3. The van der Waals surface area contributed by atoms with Crippen LogP contribution < -0.4 is 19.5 Å². The molecule has 3 rings (SSSR count). The highest BCUT2D eigenvalue weighted by Gasteiger charge is 2.36. The topological polar surface area (TPSA) is 94.2 Å². The number of benzene rings is 2. The third kappa shape index (κ3) is 4.57. The van der Waals surface area contributed by atoms with Crippen molar-refractivity contribution in [1.82, 2.24) is 4.90 Å². The Morgan fingerprint density at radius 3 is 2.27 bits per heavy atom. The summed E-state index contributed by atoms with van der Waals surface area (Å²) in [5, 5.41) is 2.14. The maximum absolute atomic E-state index is 12.7. The Balaban J connectivity index is 1.80. The zero-order valence-electron chi connectivity index (χ0n) is 16.6. The lowest BCUT2D eigenvalue weighted by molar-refractivity contribution is -0.127. The zero-order chi connectivity index (χ0) is 21.7. The minimum Gasteiger partial charge on any atom is -0.496 e. The van der Waals surface area contributed by atoms with Gasteiger partial charge in [0.25, 0.3) is 11.1 Å². The van der Waals surface area contributed by atoms with E-state index in [1.807, 2.05) is 6.07 Å². The molecule has 8 nitrogen and oxygen atoms in total. The molecule has 156 valence electrons. The van der Waals surface area contributed by atoms with E-state index >= 15 is 0 Å². The number of methoxy groups -OCH3 is 3. The van der Waals surface area contributed by atoms with Crippen LogP contribution in [0, 0.1) is 0 Å². The van der Waals surface area contributed by atoms with Gasteiger partial charge in [-0.15, -0.1) is 0 Å². The van der Waals surface area contributed by atoms with Crippen LogP contribution in [0.25, 0.3) is 6.08 Å². The van der Waals surface area contributed by atoms with Crippen LogP contribution in [0.1, 0.15) is 5.56 Å². The van der Waals surface area contributed by atoms with E-state index < -0.39 is 17.1 Å². The third-order valence-corrected chi connectivity index (χ3v) is 5.16. The van der Waals surface area contributed by atoms with E-state index in [1.165, 1.54) is 27.4 Å². The van der Waals surface area contributed by atoms with Crippen molar-refractivity contribution in [1.29, 1.82) is 0 Å². The van der Waals surface area contributed by atoms with Gasteiger partial charge in [0.1, 0.15) is 12.3 Å². The number of nitrogens with one attached hydrogen (secondary N) is 1. The standard InChI is InChI=1S/C21H20N2O6S/c1-27-15-11-17(29-3)16(28-2)9-13(15)10-18-20(25)23(21(26)30-18)12-19(24)22-14-7-5-4-6-8-14/h4-11H,12H2,1-3H3,(H,22,24)/b18-10-. The number of rotatable bonds is 7. The van der Waals surface area contributed by atoms with Gasteiger partial charge in [-0.1, -0.05) is 18.2 Å². The second kappa shape index (κ2) is 9.36. The summed E-state index contributed by atoms with van der Waals surface area (Å²) in [6.07, 6.45) is 1.53. The molecule has 0 unspecified atom stereocenters. The SMILES string of the molecule is COc1cc(OC)c(OC)cc1/C=C1\SC(=O)N(CC(=O)Nc2ccccc2)C1=O. The summed E-state index contributed by atoms with van der Waals surface area (Å²) in [6, 6.07) is 12.1.